The summed E-state index contributed by atoms with van der Waals surface area (Å²) in [5.74, 6) is -1.11. The number of urea groups is 1. The van der Waals surface area contributed by atoms with Crippen LogP contribution in [0.1, 0.15) is 22.3 Å². The number of amides is 2. The molecule has 0 fully saturated rings. The first kappa shape index (κ1) is 14.9. The molecule has 0 saturated carbocycles. The number of carboxylic acids is 1. The van der Waals surface area contributed by atoms with Crippen LogP contribution in [0.4, 0.5) is 4.79 Å². The highest BCUT2D eigenvalue weighted by atomic mass is 32.1. The Labute approximate surface area is 125 Å². The highest BCUT2D eigenvalue weighted by molar-refractivity contribution is 7.10. The molecule has 1 atom stereocenters. The Morgan fingerprint density at radius 3 is 2.76 bits per heavy atom. The summed E-state index contributed by atoms with van der Waals surface area (Å²) in [7, 11) is 0. The van der Waals surface area contributed by atoms with Crippen molar-refractivity contribution >= 4 is 23.3 Å². The summed E-state index contributed by atoms with van der Waals surface area (Å²) in [6, 6.07) is 1.76. The van der Waals surface area contributed by atoms with Gasteiger partial charge in [-0.25, -0.2) is 9.59 Å². The van der Waals surface area contributed by atoms with Crippen molar-refractivity contribution in [1.82, 2.24) is 20.6 Å². The first-order valence-corrected chi connectivity index (χ1v) is 7.02. The third kappa shape index (κ3) is 4.25. The molecular formula is C13H14N4O3S. The SMILES string of the molecule is Cc1cnc(CNC(=O)NC(C(=O)O)c2cccs2)cn1. The van der Waals surface area contributed by atoms with Gasteiger partial charge in [0.2, 0.25) is 0 Å². The molecule has 0 radical (unpaired) electrons. The van der Waals surface area contributed by atoms with E-state index in [9.17, 15) is 9.59 Å². The van der Waals surface area contributed by atoms with Gasteiger partial charge in [-0.3, -0.25) is 9.97 Å². The number of aromatic nitrogens is 2. The highest BCUT2D eigenvalue weighted by Crippen LogP contribution is 2.18. The van der Waals surface area contributed by atoms with Gasteiger partial charge in [-0.15, -0.1) is 11.3 Å². The molecule has 110 valence electrons. The molecule has 2 aromatic rings. The zero-order valence-corrected chi connectivity index (χ0v) is 12.1. The van der Waals surface area contributed by atoms with Crippen molar-refractivity contribution in [1.29, 1.82) is 0 Å². The molecule has 21 heavy (non-hydrogen) atoms. The lowest BCUT2D eigenvalue weighted by molar-refractivity contribution is -0.139. The summed E-state index contributed by atoms with van der Waals surface area (Å²) in [4.78, 5) is 31.7. The van der Waals surface area contributed by atoms with Gasteiger partial charge in [0.15, 0.2) is 6.04 Å². The molecule has 0 saturated heterocycles. The molecule has 2 amide bonds. The van der Waals surface area contributed by atoms with E-state index in [0.29, 0.717) is 10.6 Å². The molecule has 0 aromatic carbocycles. The predicted molar refractivity (Wildman–Crippen MR) is 76.8 cm³/mol. The van der Waals surface area contributed by atoms with Gasteiger partial charge >= 0.3 is 12.0 Å². The summed E-state index contributed by atoms with van der Waals surface area (Å²) in [5.41, 5.74) is 1.38. The Morgan fingerprint density at radius 2 is 2.19 bits per heavy atom. The maximum absolute atomic E-state index is 11.8. The molecule has 2 aromatic heterocycles. The van der Waals surface area contributed by atoms with Crippen molar-refractivity contribution in [2.24, 2.45) is 0 Å². The Kier molecular flexibility index (Phi) is 4.83. The molecule has 0 aliphatic heterocycles. The standard InChI is InChI=1S/C13H14N4O3S/c1-8-5-15-9(6-14-8)7-16-13(20)17-11(12(18)19)10-3-2-4-21-10/h2-6,11H,7H2,1H3,(H,18,19)(H2,16,17,20). The van der Waals surface area contributed by atoms with Crippen LogP contribution in [0.2, 0.25) is 0 Å². The average molecular weight is 306 g/mol. The predicted octanol–water partition coefficient (Wildman–Crippen LogP) is 1.47. The topological polar surface area (TPSA) is 104 Å². The van der Waals surface area contributed by atoms with Gasteiger partial charge < -0.3 is 15.7 Å². The number of nitrogens with one attached hydrogen (secondary N) is 2. The number of aliphatic carboxylic acids is 1. The van der Waals surface area contributed by atoms with Crippen LogP contribution in [0.5, 0.6) is 0 Å². The zero-order valence-electron chi connectivity index (χ0n) is 11.2. The molecule has 3 N–H and O–H groups in total. The molecule has 0 aliphatic rings. The Morgan fingerprint density at radius 1 is 1.38 bits per heavy atom. The maximum atomic E-state index is 11.8. The number of hydrogen-bond acceptors (Lipinski definition) is 5. The van der Waals surface area contributed by atoms with Crippen LogP contribution in [-0.2, 0) is 11.3 Å². The van der Waals surface area contributed by atoms with Crippen LogP contribution < -0.4 is 10.6 Å². The second-order valence-electron chi connectivity index (χ2n) is 4.26. The molecule has 7 nitrogen and oxygen atoms in total. The normalized spacial score (nSPS) is 11.7. The minimum absolute atomic E-state index is 0.176. The van der Waals surface area contributed by atoms with Crippen molar-refractivity contribution in [2.45, 2.75) is 19.5 Å². The van der Waals surface area contributed by atoms with Gasteiger partial charge in [-0.05, 0) is 18.4 Å². The summed E-state index contributed by atoms with van der Waals surface area (Å²) >= 11 is 1.27. The van der Waals surface area contributed by atoms with Crippen LogP contribution in [0.3, 0.4) is 0 Å². The minimum atomic E-state index is -1.11. The second kappa shape index (κ2) is 6.80. The van der Waals surface area contributed by atoms with Gasteiger partial charge in [0.05, 0.1) is 24.1 Å². The van der Waals surface area contributed by atoms with Crippen molar-refractivity contribution in [3.05, 3.63) is 46.2 Å². The lowest BCUT2D eigenvalue weighted by atomic mass is 10.2. The fourth-order valence-corrected chi connectivity index (χ4v) is 2.34. The third-order valence-electron chi connectivity index (χ3n) is 2.61. The quantitative estimate of drug-likeness (QED) is 0.776. The Bertz CT molecular complexity index is 613. The van der Waals surface area contributed by atoms with E-state index in [0.717, 1.165) is 5.69 Å². The number of nitrogens with zero attached hydrogens (tertiary/aromatic N) is 2. The molecule has 0 aliphatic carbocycles. The van der Waals surface area contributed by atoms with Gasteiger partial charge in [-0.1, -0.05) is 6.07 Å². The number of rotatable bonds is 5. The summed E-state index contributed by atoms with van der Waals surface area (Å²) in [6.45, 7) is 1.99. The average Bonchev–Trinajstić information content (AvgIpc) is 2.97. The minimum Gasteiger partial charge on any atom is -0.479 e. The number of hydrogen-bond donors (Lipinski definition) is 3. The third-order valence-corrected chi connectivity index (χ3v) is 3.55. The number of carbonyl (C=O) groups is 2. The van der Waals surface area contributed by atoms with Crippen molar-refractivity contribution in [3.63, 3.8) is 0 Å². The Balaban J connectivity index is 1.91. The lowest BCUT2D eigenvalue weighted by Crippen LogP contribution is -2.40. The van der Waals surface area contributed by atoms with Crippen molar-refractivity contribution < 1.29 is 14.7 Å². The number of carbonyl (C=O) groups excluding carboxylic acids is 1. The molecule has 0 spiro atoms. The fraction of sp³-hybridized carbons (Fsp3) is 0.231. The second-order valence-corrected chi connectivity index (χ2v) is 5.24. The van der Waals surface area contributed by atoms with Gasteiger partial charge in [0.1, 0.15) is 0 Å². The van der Waals surface area contributed by atoms with Crippen LogP contribution in [0, 0.1) is 6.92 Å². The van der Waals surface area contributed by atoms with E-state index in [1.54, 1.807) is 29.9 Å². The molecule has 1 unspecified atom stereocenters. The lowest BCUT2D eigenvalue weighted by Gasteiger charge is -2.13. The Hall–Kier alpha value is -2.48. The molecular weight excluding hydrogens is 292 g/mol. The van der Waals surface area contributed by atoms with E-state index >= 15 is 0 Å². The monoisotopic (exact) mass is 306 g/mol. The highest BCUT2D eigenvalue weighted by Gasteiger charge is 2.22. The van der Waals surface area contributed by atoms with Gasteiger partial charge in [0, 0.05) is 11.1 Å². The summed E-state index contributed by atoms with van der Waals surface area (Å²) < 4.78 is 0. The van der Waals surface area contributed by atoms with Crippen molar-refractivity contribution in [2.75, 3.05) is 0 Å². The smallest absolute Gasteiger partial charge is 0.331 e. The molecule has 2 rings (SSSR count). The number of aryl methyl sites for hydroxylation is 1. The van der Waals surface area contributed by atoms with E-state index < -0.39 is 18.0 Å². The molecule has 0 bridgehead atoms. The van der Waals surface area contributed by atoms with Crippen LogP contribution in [-0.4, -0.2) is 27.1 Å². The van der Waals surface area contributed by atoms with Crippen molar-refractivity contribution in [3.8, 4) is 0 Å². The van der Waals surface area contributed by atoms with Crippen LogP contribution in [0.15, 0.2) is 29.9 Å². The molecule has 8 heteroatoms. The van der Waals surface area contributed by atoms with Gasteiger partial charge in [0.25, 0.3) is 0 Å². The molecule has 2 heterocycles. The summed E-state index contributed by atoms with van der Waals surface area (Å²) in [5, 5.41) is 15.9. The van der Waals surface area contributed by atoms with E-state index in [-0.39, 0.29) is 6.54 Å². The van der Waals surface area contributed by atoms with E-state index in [4.69, 9.17) is 5.11 Å². The van der Waals surface area contributed by atoms with E-state index in [1.807, 2.05) is 6.92 Å². The van der Waals surface area contributed by atoms with Gasteiger partial charge in [-0.2, -0.15) is 0 Å². The maximum Gasteiger partial charge on any atom is 0.331 e. The van der Waals surface area contributed by atoms with E-state index in [1.165, 1.54) is 11.3 Å². The largest absolute Gasteiger partial charge is 0.479 e. The first-order chi connectivity index (χ1) is 10.1. The first-order valence-electron chi connectivity index (χ1n) is 6.14. The number of carboxylic acid groups (broad SMARTS) is 1. The summed E-state index contributed by atoms with van der Waals surface area (Å²) in [6.07, 6.45) is 3.16. The zero-order chi connectivity index (χ0) is 15.2. The van der Waals surface area contributed by atoms with E-state index in [2.05, 4.69) is 20.6 Å². The number of thiophene rings is 1. The van der Waals surface area contributed by atoms with Crippen LogP contribution >= 0.6 is 11.3 Å². The van der Waals surface area contributed by atoms with Crippen LogP contribution in [0.25, 0.3) is 0 Å². The fourth-order valence-electron chi connectivity index (χ4n) is 1.57.